The van der Waals surface area contributed by atoms with Crippen molar-refractivity contribution in [3.63, 3.8) is 0 Å². The highest BCUT2D eigenvalue weighted by Crippen LogP contribution is 2.25. The van der Waals surface area contributed by atoms with Crippen molar-refractivity contribution in [3.05, 3.63) is 48.2 Å². The van der Waals surface area contributed by atoms with Gasteiger partial charge in [-0.1, -0.05) is 30.3 Å². The first-order chi connectivity index (χ1) is 9.33. The highest BCUT2D eigenvalue weighted by atomic mass is 16.8. The summed E-state index contributed by atoms with van der Waals surface area (Å²) in [5.41, 5.74) is 1.09. The predicted molar refractivity (Wildman–Crippen MR) is 65.3 cm³/mol. The van der Waals surface area contributed by atoms with Gasteiger partial charge in [-0.05, 0) is 11.6 Å². The Morgan fingerprint density at radius 3 is 2.84 bits per heavy atom. The average Bonchev–Trinajstić information content (AvgIpc) is 2.81. The zero-order chi connectivity index (χ0) is 13.1. The molecular formula is C14H14O5. The Labute approximate surface area is 110 Å². The van der Waals surface area contributed by atoms with E-state index < -0.39 is 12.3 Å². The summed E-state index contributed by atoms with van der Waals surface area (Å²) < 4.78 is 21.1. The largest absolute Gasteiger partial charge is 0.509 e. The van der Waals surface area contributed by atoms with Crippen molar-refractivity contribution >= 4 is 6.16 Å². The van der Waals surface area contributed by atoms with Crippen LogP contribution in [0.5, 0.6) is 0 Å². The van der Waals surface area contributed by atoms with Crippen LogP contribution in [0.15, 0.2) is 42.7 Å². The molecule has 1 aromatic rings. The van der Waals surface area contributed by atoms with Crippen molar-refractivity contribution in [1.29, 1.82) is 0 Å². The molecule has 0 radical (unpaired) electrons. The van der Waals surface area contributed by atoms with Gasteiger partial charge >= 0.3 is 6.16 Å². The number of ether oxygens (including phenoxy) is 4. The summed E-state index contributed by atoms with van der Waals surface area (Å²) in [7, 11) is 0. The average molecular weight is 262 g/mol. The minimum atomic E-state index is -0.654. The van der Waals surface area contributed by atoms with E-state index in [1.54, 1.807) is 6.08 Å². The molecule has 0 aromatic heterocycles. The van der Waals surface area contributed by atoms with E-state index in [4.69, 9.17) is 18.9 Å². The molecule has 0 aliphatic carbocycles. The summed E-state index contributed by atoms with van der Waals surface area (Å²) in [6.45, 7) is 0.841. The van der Waals surface area contributed by atoms with Gasteiger partial charge in [-0.15, -0.1) is 0 Å². The fourth-order valence-electron chi connectivity index (χ4n) is 2.12. The molecule has 0 N–H and O–H groups in total. The van der Waals surface area contributed by atoms with E-state index in [1.165, 1.54) is 6.26 Å². The molecule has 2 heterocycles. The van der Waals surface area contributed by atoms with Crippen molar-refractivity contribution in [2.24, 2.45) is 0 Å². The Kier molecular flexibility index (Phi) is 3.37. The van der Waals surface area contributed by atoms with Gasteiger partial charge in [-0.3, -0.25) is 0 Å². The predicted octanol–water partition coefficient (Wildman–Crippen LogP) is 2.02. The van der Waals surface area contributed by atoms with Gasteiger partial charge in [-0.2, -0.15) is 0 Å². The minimum Gasteiger partial charge on any atom is -0.492 e. The molecule has 100 valence electrons. The van der Waals surface area contributed by atoms with E-state index in [-0.39, 0.29) is 12.2 Å². The van der Waals surface area contributed by atoms with Crippen LogP contribution in [0.2, 0.25) is 0 Å². The van der Waals surface area contributed by atoms with Crippen LogP contribution in [0.25, 0.3) is 0 Å². The van der Waals surface area contributed by atoms with Gasteiger partial charge in [0.1, 0.15) is 0 Å². The van der Waals surface area contributed by atoms with Crippen LogP contribution in [0.3, 0.4) is 0 Å². The maximum absolute atomic E-state index is 11.1. The van der Waals surface area contributed by atoms with Crippen LogP contribution in [-0.4, -0.2) is 31.1 Å². The van der Waals surface area contributed by atoms with Gasteiger partial charge in [0.15, 0.2) is 18.3 Å². The Morgan fingerprint density at radius 1 is 1.16 bits per heavy atom. The van der Waals surface area contributed by atoms with Gasteiger partial charge in [0.2, 0.25) is 0 Å². The normalized spacial score (nSPS) is 28.2. The fourth-order valence-corrected chi connectivity index (χ4v) is 2.12. The first-order valence-corrected chi connectivity index (χ1v) is 6.14. The maximum atomic E-state index is 11.1. The molecule has 2 aliphatic heterocycles. The number of benzene rings is 1. The van der Waals surface area contributed by atoms with Gasteiger partial charge < -0.3 is 18.9 Å². The number of fused-ring (bicyclic) bond motifs is 1. The summed E-state index contributed by atoms with van der Waals surface area (Å²) in [6.07, 6.45) is 1.42. The fraction of sp³-hybridized carbons (Fsp3) is 0.357. The van der Waals surface area contributed by atoms with Crippen molar-refractivity contribution in [2.75, 3.05) is 6.61 Å². The molecule has 0 spiro atoms. The van der Waals surface area contributed by atoms with Crippen LogP contribution >= 0.6 is 0 Å². The second kappa shape index (κ2) is 5.32. The maximum Gasteiger partial charge on any atom is 0.509 e. The Morgan fingerprint density at radius 2 is 2.00 bits per heavy atom. The van der Waals surface area contributed by atoms with Crippen molar-refractivity contribution < 1.29 is 23.7 Å². The quantitative estimate of drug-likeness (QED) is 0.777. The minimum absolute atomic E-state index is 0.329. The monoisotopic (exact) mass is 262 g/mol. The molecule has 3 atom stereocenters. The SMILES string of the molecule is O=C1OC2C=COC(COCc3ccccc3)[C@@H]2O1. The smallest absolute Gasteiger partial charge is 0.492 e. The van der Waals surface area contributed by atoms with E-state index in [1.807, 2.05) is 30.3 Å². The summed E-state index contributed by atoms with van der Waals surface area (Å²) in [5, 5.41) is 0. The first kappa shape index (κ1) is 12.0. The second-order valence-electron chi connectivity index (χ2n) is 4.42. The lowest BCUT2D eigenvalue weighted by Gasteiger charge is -2.26. The molecule has 2 unspecified atom stereocenters. The number of carbonyl (C=O) groups excluding carboxylic acids is 1. The van der Waals surface area contributed by atoms with Crippen LogP contribution in [0.1, 0.15) is 5.56 Å². The Hall–Kier alpha value is -2.01. The molecular weight excluding hydrogens is 248 g/mol. The zero-order valence-corrected chi connectivity index (χ0v) is 10.2. The molecule has 5 heteroatoms. The van der Waals surface area contributed by atoms with Gasteiger partial charge in [0.25, 0.3) is 0 Å². The first-order valence-electron chi connectivity index (χ1n) is 6.14. The second-order valence-corrected chi connectivity index (χ2v) is 4.42. The lowest BCUT2D eigenvalue weighted by molar-refractivity contribution is -0.0552. The molecule has 1 fully saturated rings. The molecule has 0 amide bonds. The number of hydrogen-bond donors (Lipinski definition) is 0. The van der Waals surface area contributed by atoms with Crippen LogP contribution in [0, 0.1) is 0 Å². The van der Waals surface area contributed by atoms with Crippen LogP contribution in [-0.2, 0) is 25.6 Å². The van der Waals surface area contributed by atoms with Crippen molar-refractivity contribution in [3.8, 4) is 0 Å². The highest BCUT2D eigenvalue weighted by molar-refractivity contribution is 5.63. The molecule has 0 saturated carbocycles. The summed E-state index contributed by atoms with van der Waals surface area (Å²) in [5.74, 6) is 0. The van der Waals surface area contributed by atoms with E-state index in [0.717, 1.165) is 5.56 Å². The molecule has 1 saturated heterocycles. The van der Waals surface area contributed by atoms with Gasteiger partial charge in [-0.25, -0.2) is 4.79 Å². The molecule has 5 nitrogen and oxygen atoms in total. The summed E-state index contributed by atoms with van der Waals surface area (Å²) in [4.78, 5) is 11.1. The number of rotatable bonds is 4. The van der Waals surface area contributed by atoms with Crippen molar-refractivity contribution in [2.45, 2.75) is 24.9 Å². The van der Waals surface area contributed by atoms with E-state index in [0.29, 0.717) is 13.2 Å². The third-order valence-corrected chi connectivity index (χ3v) is 3.07. The molecule has 1 aromatic carbocycles. The molecule has 2 aliphatic rings. The lowest BCUT2D eigenvalue weighted by atomic mass is 10.1. The van der Waals surface area contributed by atoms with Crippen molar-refractivity contribution in [1.82, 2.24) is 0 Å². The van der Waals surface area contributed by atoms with Crippen LogP contribution in [0.4, 0.5) is 4.79 Å². The zero-order valence-electron chi connectivity index (χ0n) is 10.2. The topological polar surface area (TPSA) is 54.0 Å². The standard InChI is InChI=1S/C14H14O5/c15-14-18-11-6-7-17-12(13(11)19-14)9-16-8-10-4-2-1-3-5-10/h1-7,11-13H,8-9H2/t11?,12?,13-/m1/s1. The highest BCUT2D eigenvalue weighted by Gasteiger charge is 2.43. The van der Waals surface area contributed by atoms with Gasteiger partial charge in [0.05, 0.1) is 19.5 Å². The number of hydrogen-bond acceptors (Lipinski definition) is 5. The van der Waals surface area contributed by atoms with E-state index >= 15 is 0 Å². The lowest BCUT2D eigenvalue weighted by Crippen LogP contribution is -2.41. The summed E-state index contributed by atoms with van der Waals surface area (Å²) in [6, 6.07) is 9.85. The van der Waals surface area contributed by atoms with E-state index in [2.05, 4.69) is 0 Å². The Bertz CT molecular complexity index is 470. The molecule has 3 rings (SSSR count). The summed E-state index contributed by atoms with van der Waals surface area (Å²) >= 11 is 0. The Balaban J connectivity index is 1.53. The van der Waals surface area contributed by atoms with E-state index in [9.17, 15) is 4.79 Å². The number of carbonyl (C=O) groups is 1. The third kappa shape index (κ3) is 2.71. The van der Waals surface area contributed by atoms with Crippen LogP contribution < -0.4 is 0 Å². The van der Waals surface area contributed by atoms with Gasteiger partial charge in [0, 0.05) is 0 Å². The third-order valence-electron chi connectivity index (χ3n) is 3.07. The molecule has 0 bridgehead atoms. The molecule has 19 heavy (non-hydrogen) atoms.